The van der Waals surface area contributed by atoms with Crippen molar-refractivity contribution in [3.8, 4) is 0 Å². The van der Waals surface area contributed by atoms with Crippen LogP contribution in [0.5, 0.6) is 0 Å². The highest BCUT2D eigenvalue weighted by Gasteiger charge is 2.47. The van der Waals surface area contributed by atoms with Gasteiger partial charge in [0.15, 0.2) is 33.7 Å². The Morgan fingerprint density at radius 2 is 2.06 bits per heavy atom. The van der Waals surface area contributed by atoms with Gasteiger partial charge >= 0.3 is 7.60 Å². The normalized spacial score (nSPS) is 26.6. The van der Waals surface area contributed by atoms with Gasteiger partial charge in [-0.1, -0.05) is 19.8 Å². The number of aliphatic hydroxyl groups is 1. The van der Waals surface area contributed by atoms with Gasteiger partial charge in [0.2, 0.25) is 5.28 Å². The summed E-state index contributed by atoms with van der Waals surface area (Å²) in [6.45, 7) is 0.656. The molecule has 36 heavy (non-hydrogen) atoms. The number of anilines is 1. The summed E-state index contributed by atoms with van der Waals surface area (Å²) in [5, 5.41) is 18.2. The van der Waals surface area contributed by atoms with E-state index in [1.54, 1.807) is 0 Å². The van der Waals surface area contributed by atoms with Gasteiger partial charge in [-0.15, -0.1) is 0 Å². The predicted molar refractivity (Wildman–Crippen MR) is 127 cm³/mol. The molecule has 0 bridgehead atoms. The maximum atomic E-state index is 15.1. The molecule has 17 heteroatoms. The maximum absolute atomic E-state index is 15.1. The third kappa shape index (κ3) is 5.99. The van der Waals surface area contributed by atoms with Crippen LogP contribution in [0.2, 0.25) is 5.28 Å². The molecule has 2 aromatic rings. The largest absolute Gasteiger partial charge is 0.387 e. The van der Waals surface area contributed by atoms with Crippen LogP contribution in [0.3, 0.4) is 0 Å². The van der Waals surface area contributed by atoms with E-state index in [9.17, 15) is 27.9 Å². The minimum atomic E-state index is -4.99. The van der Waals surface area contributed by atoms with Crippen molar-refractivity contribution in [2.24, 2.45) is 0 Å². The molecule has 0 aromatic carbocycles. The van der Waals surface area contributed by atoms with Crippen LogP contribution in [-0.2, 0) is 23.9 Å². The van der Waals surface area contributed by atoms with Crippen molar-refractivity contribution in [3.05, 3.63) is 11.5 Å². The van der Waals surface area contributed by atoms with Crippen LogP contribution < -0.4 is 5.32 Å². The SMILES string of the molecule is CCS(=O)(=O)CC(OC[C@H]1O[C@@H](n2ncc3c(NC4CCCC4)nc(Cl)nc32)[C@@H](F)[C@@H]1O)P(=O)(O)O. The molecular formula is C19H28ClFN5O8PS. The predicted octanol–water partition coefficient (Wildman–Crippen LogP) is 1.39. The molecule has 13 nitrogen and oxygen atoms in total. The number of nitrogens with one attached hydrogen (secondary N) is 1. The molecule has 4 rings (SSSR count). The highest BCUT2D eigenvalue weighted by molar-refractivity contribution is 7.91. The van der Waals surface area contributed by atoms with Gasteiger partial charge in [0, 0.05) is 11.8 Å². The lowest BCUT2D eigenvalue weighted by Gasteiger charge is -2.22. The quantitative estimate of drug-likeness (QED) is 0.237. The number of nitrogens with zero attached hydrogens (tertiary/aromatic N) is 4. The van der Waals surface area contributed by atoms with E-state index in [4.69, 9.17) is 21.1 Å². The second-order valence-electron chi connectivity index (χ2n) is 8.87. The second kappa shape index (κ2) is 10.7. The molecule has 4 N–H and O–H groups in total. The number of rotatable bonds is 10. The van der Waals surface area contributed by atoms with Crippen molar-refractivity contribution in [1.82, 2.24) is 19.7 Å². The summed E-state index contributed by atoms with van der Waals surface area (Å²) in [5.41, 5.74) is 0.166. The molecule has 0 spiro atoms. The van der Waals surface area contributed by atoms with E-state index in [0.717, 1.165) is 30.4 Å². The molecule has 1 unspecified atom stereocenters. The van der Waals surface area contributed by atoms with Crippen LogP contribution in [0.15, 0.2) is 6.20 Å². The van der Waals surface area contributed by atoms with E-state index in [-0.39, 0.29) is 22.7 Å². The van der Waals surface area contributed by atoms with E-state index < -0.39 is 60.2 Å². The van der Waals surface area contributed by atoms with Crippen LogP contribution in [0.4, 0.5) is 10.2 Å². The van der Waals surface area contributed by atoms with Crippen LogP contribution in [-0.4, -0.2) is 91.4 Å². The molecule has 1 aliphatic heterocycles. The fourth-order valence-corrected chi connectivity index (χ4v) is 6.95. The topological polar surface area (TPSA) is 186 Å². The van der Waals surface area contributed by atoms with Crippen molar-refractivity contribution in [2.45, 2.75) is 69.1 Å². The standard InChI is InChI=1S/C19H28ClFN5O8PS/c1-2-36(31,32)9-13(35(28,29)30)33-8-12-15(27)14(21)18(34-12)26-17-11(7-22-26)16(24-19(20)25-17)23-10-5-3-4-6-10/h7,10,12-15,18,27H,2-6,8-9H2,1H3,(H,23,24,25)(H2,28,29,30)/t12-,13?,14+,15-,18-/m1/s1. The molecule has 0 radical (unpaired) electrons. The Kier molecular flexibility index (Phi) is 8.22. The smallest absolute Gasteiger partial charge is 0.355 e. The molecule has 2 fully saturated rings. The highest BCUT2D eigenvalue weighted by Crippen LogP contribution is 2.43. The molecule has 0 amide bonds. The summed E-state index contributed by atoms with van der Waals surface area (Å²) in [5.74, 6) is -2.83. The number of aromatic nitrogens is 4. The van der Waals surface area contributed by atoms with Crippen molar-refractivity contribution in [2.75, 3.05) is 23.4 Å². The lowest BCUT2D eigenvalue weighted by Crippen LogP contribution is -2.35. The Morgan fingerprint density at radius 3 is 2.69 bits per heavy atom. The van der Waals surface area contributed by atoms with Crippen molar-refractivity contribution in [3.63, 3.8) is 0 Å². The molecular weight excluding hydrogens is 544 g/mol. The van der Waals surface area contributed by atoms with Crippen molar-refractivity contribution in [1.29, 1.82) is 0 Å². The summed E-state index contributed by atoms with van der Waals surface area (Å²) in [7, 11) is -8.79. The lowest BCUT2D eigenvalue weighted by atomic mass is 10.1. The summed E-state index contributed by atoms with van der Waals surface area (Å²) in [6, 6.07) is 0.209. The summed E-state index contributed by atoms with van der Waals surface area (Å²) in [6.07, 6.45) is -1.02. The van der Waals surface area contributed by atoms with E-state index in [1.165, 1.54) is 13.1 Å². The minimum absolute atomic E-state index is 0.0970. The number of halogens is 2. The van der Waals surface area contributed by atoms with Crippen molar-refractivity contribution < 1.29 is 41.7 Å². The molecule has 3 heterocycles. The number of hydrogen-bond donors (Lipinski definition) is 4. The lowest BCUT2D eigenvalue weighted by molar-refractivity contribution is -0.0712. The number of fused-ring (bicyclic) bond motifs is 1. The molecule has 1 saturated heterocycles. The summed E-state index contributed by atoms with van der Waals surface area (Å²) >= 11 is 6.10. The van der Waals surface area contributed by atoms with Gasteiger partial charge in [-0.3, -0.25) is 4.57 Å². The fraction of sp³-hybridized carbons (Fsp3) is 0.737. The molecule has 2 aliphatic rings. The summed E-state index contributed by atoms with van der Waals surface area (Å²) < 4.78 is 62.4. The Morgan fingerprint density at radius 1 is 1.36 bits per heavy atom. The Hall–Kier alpha value is -1.45. The molecule has 202 valence electrons. The Balaban J connectivity index is 1.52. The number of hydrogen-bond acceptors (Lipinski definition) is 10. The van der Waals surface area contributed by atoms with E-state index in [1.807, 2.05) is 0 Å². The average molecular weight is 572 g/mol. The van der Waals surface area contributed by atoms with Gasteiger partial charge in [0.25, 0.3) is 0 Å². The molecule has 1 aliphatic carbocycles. The second-order valence-corrected chi connectivity index (χ2v) is 13.4. The van der Waals surface area contributed by atoms with Gasteiger partial charge in [-0.25, -0.2) is 17.5 Å². The Bertz CT molecular complexity index is 1240. The number of ether oxygens (including phenoxy) is 2. The van der Waals surface area contributed by atoms with Gasteiger partial charge in [-0.2, -0.15) is 15.1 Å². The Labute approximate surface area is 211 Å². The van der Waals surface area contributed by atoms with Crippen molar-refractivity contribution >= 4 is 45.9 Å². The average Bonchev–Trinajstić information content (AvgIpc) is 3.52. The van der Waals surface area contributed by atoms with Crippen LogP contribution in [0.25, 0.3) is 11.0 Å². The summed E-state index contributed by atoms with van der Waals surface area (Å²) in [4.78, 5) is 27.4. The van der Waals surface area contributed by atoms with E-state index in [2.05, 4.69) is 20.4 Å². The number of aliphatic hydroxyl groups excluding tert-OH is 1. The van der Waals surface area contributed by atoms with Crippen LogP contribution in [0.1, 0.15) is 38.8 Å². The fourth-order valence-electron chi connectivity index (χ4n) is 4.28. The van der Waals surface area contributed by atoms with Crippen LogP contribution in [0, 0.1) is 0 Å². The zero-order valence-electron chi connectivity index (χ0n) is 19.3. The molecule has 1 saturated carbocycles. The van der Waals surface area contributed by atoms with Crippen LogP contribution >= 0.6 is 19.2 Å². The first-order valence-electron chi connectivity index (χ1n) is 11.4. The van der Waals surface area contributed by atoms with Gasteiger partial charge in [0.1, 0.15) is 18.0 Å². The first kappa shape index (κ1) is 27.6. The van der Waals surface area contributed by atoms with E-state index >= 15 is 4.39 Å². The molecule has 2 aromatic heterocycles. The monoisotopic (exact) mass is 571 g/mol. The van der Waals surface area contributed by atoms with Gasteiger partial charge in [0.05, 0.1) is 23.9 Å². The van der Waals surface area contributed by atoms with E-state index in [0.29, 0.717) is 11.2 Å². The minimum Gasteiger partial charge on any atom is -0.387 e. The maximum Gasteiger partial charge on any atom is 0.355 e. The first-order chi connectivity index (χ1) is 16.9. The molecule has 5 atom stereocenters. The zero-order chi connectivity index (χ0) is 26.3. The zero-order valence-corrected chi connectivity index (χ0v) is 21.7. The third-order valence-corrected chi connectivity index (χ3v) is 9.51. The third-order valence-electron chi connectivity index (χ3n) is 6.32. The first-order valence-corrected chi connectivity index (χ1v) is 15.3. The van der Waals surface area contributed by atoms with Gasteiger partial charge in [-0.05, 0) is 24.4 Å². The highest BCUT2D eigenvalue weighted by atomic mass is 35.5. The number of alkyl halides is 1. The number of sulfone groups is 1. The van der Waals surface area contributed by atoms with Gasteiger partial charge < -0.3 is 29.7 Å².